The van der Waals surface area contributed by atoms with Crippen LogP contribution in [0.2, 0.25) is 0 Å². The standard InChI is InChI=1S/C11H14N4/c1-9-3-2-4-10(7-9)15-8-13-11(14-15)5-6-12/h2-4,7-8H,5-6,12H2,1H3. The Kier molecular flexibility index (Phi) is 2.78. The third kappa shape index (κ3) is 2.22. The highest BCUT2D eigenvalue weighted by Crippen LogP contribution is 2.08. The average molecular weight is 202 g/mol. The summed E-state index contributed by atoms with van der Waals surface area (Å²) < 4.78 is 1.78. The van der Waals surface area contributed by atoms with E-state index in [9.17, 15) is 0 Å². The van der Waals surface area contributed by atoms with Gasteiger partial charge in [-0.2, -0.15) is 5.10 Å². The van der Waals surface area contributed by atoms with Crippen LogP contribution in [0.15, 0.2) is 30.6 Å². The molecule has 4 nitrogen and oxygen atoms in total. The summed E-state index contributed by atoms with van der Waals surface area (Å²) in [4.78, 5) is 4.18. The molecule has 0 amide bonds. The minimum absolute atomic E-state index is 0.581. The first-order chi connectivity index (χ1) is 7.29. The minimum atomic E-state index is 0.581. The van der Waals surface area contributed by atoms with Crippen LogP contribution in [0.4, 0.5) is 0 Å². The van der Waals surface area contributed by atoms with Crippen LogP contribution in [0, 0.1) is 6.92 Å². The lowest BCUT2D eigenvalue weighted by molar-refractivity contribution is 0.816. The summed E-state index contributed by atoms with van der Waals surface area (Å²) in [5, 5.41) is 4.34. The fourth-order valence-corrected chi connectivity index (χ4v) is 1.44. The lowest BCUT2D eigenvalue weighted by Crippen LogP contribution is -2.05. The maximum Gasteiger partial charge on any atom is 0.152 e. The van der Waals surface area contributed by atoms with Crippen molar-refractivity contribution in [1.29, 1.82) is 0 Å². The van der Waals surface area contributed by atoms with Gasteiger partial charge in [-0.1, -0.05) is 12.1 Å². The number of benzene rings is 1. The van der Waals surface area contributed by atoms with Gasteiger partial charge < -0.3 is 5.73 Å². The van der Waals surface area contributed by atoms with E-state index in [4.69, 9.17) is 5.73 Å². The highest BCUT2D eigenvalue weighted by Gasteiger charge is 2.01. The first kappa shape index (κ1) is 9.86. The highest BCUT2D eigenvalue weighted by molar-refractivity contribution is 5.33. The number of nitrogens with two attached hydrogens (primary N) is 1. The van der Waals surface area contributed by atoms with Gasteiger partial charge in [0.1, 0.15) is 6.33 Å². The van der Waals surface area contributed by atoms with Gasteiger partial charge >= 0.3 is 0 Å². The highest BCUT2D eigenvalue weighted by atomic mass is 15.3. The van der Waals surface area contributed by atoms with E-state index in [2.05, 4.69) is 29.1 Å². The molecule has 0 radical (unpaired) electrons. The Labute approximate surface area is 88.8 Å². The van der Waals surface area contributed by atoms with Crippen molar-refractivity contribution in [3.8, 4) is 5.69 Å². The molecule has 1 aromatic carbocycles. The van der Waals surface area contributed by atoms with E-state index in [-0.39, 0.29) is 0 Å². The average Bonchev–Trinajstić information content (AvgIpc) is 2.67. The lowest BCUT2D eigenvalue weighted by Gasteiger charge is -2.00. The summed E-state index contributed by atoms with van der Waals surface area (Å²) in [5.74, 6) is 0.791. The van der Waals surface area contributed by atoms with E-state index in [1.54, 1.807) is 11.0 Å². The molecule has 0 saturated heterocycles. The van der Waals surface area contributed by atoms with Crippen molar-refractivity contribution < 1.29 is 0 Å². The van der Waals surface area contributed by atoms with Crippen molar-refractivity contribution >= 4 is 0 Å². The quantitative estimate of drug-likeness (QED) is 0.810. The second-order valence-corrected chi connectivity index (χ2v) is 3.48. The van der Waals surface area contributed by atoms with E-state index >= 15 is 0 Å². The molecule has 15 heavy (non-hydrogen) atoms. The van der Waals surface area contributed by atoms with Crippen molar-refractivity contribution in [2.24, 2.45) is 5.73 Å². The summed E-state index contributed by atoms with van der Waals surface area (Å²) in [5.41, 5.74) is 7.69. The van der Waals surface area contributed by atoms with Gasteiger partial charge in [0.15, 0.2) is 5.82 Å². The van der Waals surface area contributed by atoms with Crippen LogP contribution in [-0.4, -0.2) is 21.3 Å². The molecule has 0 saturated carbocycles. The van der Waals surface area contributed by atoms with Gasteiger partial charge in [-0.3, -0.25) is 0 Å². The predicted molar refractivity (Wildman–Crippen MR) is 58.9 cm³/mol. The van der Waals surface area contributed by atoms with Crippen LogP contribution in [0.25, 0.3) is 5.69 Å². The van der Waals surface area contributed by atoms with E-state index < -0.39 is 0 Å². The van der Waals surface area contributed by atoms with Crippen molar-refractivity contribution in [1.82, 2.24) is 14.8 Å². The van der Waals surface area contributed by atoms with E-state index in [0.29, 0.717) is 6.54 Å². The number of hydrogen-bond acceptors (Lipinski definition) is 3. The van der Waals surface area contributed by atoms with Crippen LogP contribution in [0.1, 0.15) is 11.4 Å². The maximum atomic E-state index is 5.44. The van der Waals surface area contributed by atoms with Gasteiger partial charge in [0.2, 0.25) is 0 Å². The maximum absolute atomic E-state index is 5.44. The summed E-state index contributed by atoms with van der Waals surface area (Å²) in [6, 6.07) is 8.14. The fraction of sp³-hybridized carbons (Fsp3) is 0.273. The van der Waals surface area contributed by atoms with Gasteiger partial charge in [0.25, 0.3) is 0 Å². The largest absolute Gasteiger partial charge is 0.330 e. The second-order valence-electron chi connectivity index (χ2n) is 3.48. The second kappa shape index (κ2) is 4.23. The van der Waals surface area contributed by atoms with Crippen LogP contribution in [-0.2, 0) is 6.42 Å². The summed E-state index contributed by atoms with van der Waals surface area (Å²) in [6.45, 7) is 2.64. The Hall–Kier alpha value is -1.68. The van der Waals surface area contributed by atoms with Gasteiger partial charge in [-0.25, -0.2) is 9.67 Å². The Morgan fingerprint density at radius 1 is 1.40 bits per heavy atom. The third-order valence-electron chi connectivity index (χ3n) is 2.17. The normalized spacial score (nSPS) is 10.5. The van der Waals surface area contributed by atoms with Gasteiger partial charge in [0, 0.05) is 6.42 Å². The SMILES string of the molecule is Cc1cccc(-n2cnc(CCN)n2)c1. The van der Waals surface area contributed by atoms with Crippen molar-refractivity contribution in [3.05, 3.63) is 42.0 Å². The molecule has 2 rings (SSSR count). The van der Waals surface area contributed by atoms with Crippen molar-refractivity contribution in [2.75, 3.05) is 6.54 Å². The summed E-state index contributed by atoms with van der Waals surface area (Å²) in [7, 11) is 0. The Balaban J connectivity index is 2.29. The van der Waals surface area contributed by atoms with Crippen LogP contribution in [0.5, 0.6) is 0 Å². The van der Waals surface area contributed by atoms with Gasteiger partial charge in [-0.05, 0) is 31.2 Å². The molecule has 2 aromatic rings. The van der Waals surface area contributed by atoms with E-state index in [0.717, 1.165) is 17.9 Å². The number of rotatable bonds is 3. The zero-order chi connectivity index (χ0) is 10.7. The zero-order valence-electron chi connectivity index (χ0n) is 8.72. The monoisotopic (exact) mass is 202 g/mol. The molecule has 0 aliphatic heterocycles. The molecule has 0 spiro atoms. The van der Waals surface area contributed by atoms with Crippen LogP contribution in [0.3, 0.4) is 0 Å². The molecule has 2 N–H and O–H groups in total. The molecular weight excluding hydrogens is 188 g/mol. The molecule has 4 heteroatoms. The van der Waals surface area contributed by atoms with Crippen LogP contribution >= 0.6 is 0 Å². The molecule has 0 bridgehead atoms. The van der Waals surface area contributed by atoms with E-state index in [1.165, 1.54) is 5.56 Å². The van der Waals surface area contributed by atoms with Gasteiger partial charge in [0.05, 0.1) is 5.69 Å². The number of nitrogens with zero attached hydrogens (tertiary/aromatic N) is 3. The molecule has 0 unspecified atom stereocenters. The topological polar surface area (TPSA) is 56.7 Å². The molecule has 0 atom stereocenters. The lowest BCUT2D eigenvalue weighted by atomic mass is 10.2. The molecule has 0 aliphatic rings. The molecule has 0 fully saturated rings. The molecular formula is C11H14N4. The smallest absolute Gasteiger partial charge is 0.152 e. The molecule has 1 aromatic heterocycles. The predicted octanol–water partition coefficient (Wildman–Crippen LogP) is 1.08. The Morgan fingerprint density at radius 3 is 3.00 bits per heavy atom. The van der Waals surface area contributed by atoms with Crippen molar-refractivity contribution in [3.63, 3.8) is 0 Å². The van der Waals surface area contributed by atoms with E-state index in [1.807, 2.05) is 12.1 Å². The molecule has 1 heterocycles. The van der Waals surface area contributed by atoms with Crippen molar-refractivity contribution in [2.45, 2.75) is 13.3 Å². The van der Waals surface area contributed by atoms with Crippen LogP contribution < -0.4 is 5.73 Å². The minimum Gasteiger partial charge on any atom is -0.330 e. The summed E-state index contributed by atoms with van der Waals surface area (Å²) >= 11 is 0. The first-order valence-electron chi connectivity index (χ1n) is 4.97. The zero-order valence-corrected chi connectivity index (χ0v) is 8.72. The Bertz CT molecular complexity index is 447. The number of aromatic nitrogens is 3. The molecule has 0 aliphatic carbocycles. The van der Waals surface area contributed by atoms with Gasteiger partial charge in [-0.15, -0.1) is 0 Å². The number of hydrogen-bond donors (Lipinski definition) is 1. The number of aryl methyl sites for hydroxylation is 1. The fourth-order valence-electron chi connectivity index (χ4n) is 1.44. The summed E-state index contributed by atoms with van der Waals surface area (Å²) in [6.07, 6.45) is 2.44. The third-order valence-corrected chi connectivity index (χ3v) is 2.17. The molecule has 78 valence electrons. The first-order valence-corrected chi connectivity index (χ1v) is 4.97. The Morgan fingerprint density at radius 2 is 2.27 bits per heavy atom.